The molecule has 3 rings (SSSR count). The van der Waals surface area contributed by atoms with Gasteiger partial charge in [0.15, 0.2) is 0 Å². The predicted octanol–water partition coefficient (Wildman–Crippen LogP) is 2.41. The minimum Gasteiger partial charge on any atom is -0.340 e. The van der Waals surface area contributed by atoms with Gasteiger partial charge in [-0.25, -0.2) is 9.97 Å². The van der Waals surface area contributed by atoms with Gasteiger partial charge in [-0.05, 0) is 62.0 Å². The molecular formula is C17H28N4. The van der Waals surface area contributed by atoms with Crippen LogP contribution >= 0.6 is 0 Å². The fourth-order valence-corrected chi connectivity index (χ4v) is 3.69. The van der Waals surface area contributed by atoms with Gasteiger partial charge in [-0.2, -0.15) is 0 Å². The van der Waals surface area contributed by atoms with Crippen molar-refractivity contribution in [1.29, 1.82) is 0 Å². The first-order valence-electron chi connectivity index (χ1n) is 8.47. The number of anilines is 1. The van der Waals surface area contributed by atoms with Crippen LogP contribution in [0.3, 0.4) is 0 Å². The van der Waals surface area contributed by atoms with Crippen molar-refractivity contribution >= 4 is 5.95 Å². The van der Waals surface area contributed by atoms with Gasteiger partial charge in [0.05, 0.1) is 0 Å². The van der Waals surface area contributed by atoms with E-state index >= 15 is 0 Å². The van der Waals surface area contributed by atoms with Crippen LogP contribution in [0.2, 0.25) is 0 Å². The first-order chi connectivity index (χ1) is 10.2. The van der Waals surface area contributed by atoms with E-state index < -0.39 is 0 Å². The topological polar surface area (TPSA) is 55.0 Å². The summed E-state index contributed by atoms with van der Waals surface area (Å²) in [5, 5.41) is 0. The quantitative estimate of drug-likeness (QED) is 0.928. The molecule has 1 fully saturated rings. The molecule has 2 heterocycles. The van der Waals surface area contributed by atoms with Crippen LogP contribution in [0.1, 0.15) is 44.4 Å². The summed E-state index contributed by atoms with van der Waals surface area (Å²) in [4.78, 5) is 11.9. The second-order valence-corrected chi connectivity index (χ2v) is 7.08. The molecule has 2 unspecified atom stereocenters. The summed E-state index contributed by atoms with van der Waals surface area (Å²) in [6.45, 7) is 7.52. The SMILES string of the molecule is CC(C)C1CCc2nc(N3CCCC(CN)C3)ncc2C1. The van der Waals surface area contributed by atoms with E-state index in [9.17, 15) is 0 Å². The molecular weight excluding hydrogens is 260 g/mol. The van der Waals surface area contributed by atoms with Gasteiger partial charge < -0.3 is 10.6 Å². The van der Waals surface area contributed by atoms with Crippen molar-refractivity contribution in [1.82, 2.24) is 9.97 Å². The van der Waals surface area contributed by atoms with Crippen LogP contribution in [0.15, 0.2) is 6.20 Å². The summed E-state index contributed by atoms with van der Waals surface area (Å²) in [5.74, 6) is 3.08. The molecule has 4 nitrogen and oxygen atoms in total. The van der Waals surface area contributed by atoms with Crippen molar-refractivity contribution in [2.45, 2.75) is 46.0 Å². The van der Waals surface area contributed by atoms with E-state index in [1.807, 2.05) is 0 Å². The molecule has 0 amide bonds. The molecule has 1 aromatic heterocycles. The van der Waals surface area contributed by atoms with Crippen LogP contribution < -0.4 is 10.6 Å². The van der Waals surface area contributed by atoms with Gasteiger partial charge in [-0.15, -0.1) is 0 Å². The third kappa shape index (κ3) is 3.20. The highest BCUT2D eigenvalue weighted by Gasteiger charge is 2.25. The fraction of sp³-hybridized carbons (Fsp3) is 0.765. The Bertz CT molecular complexity index is 486. The Labute approximate surface area is 128 Å². The number of nitrogens with two attached hydrogens (primary N) is 1. The minimum absolute atomic E-state index is 0.601. The van der Waals surface area contributed by atoms with Crippen LogP contribution in [0.5, 0.6) is 0 Å². The first-order valence-corrected chi connectivity index (χ1v) is 8.47. The van der Waals surface area contributed by atoms with E-state index in [0.29, 0.717) is 5.92 Å². The Morgan fingerprint density at radius 3 is 3.00 bits per heavy atom. The molecule has 2 N–H and O–H groups in total. The fourth-order valence-electron chi connectivity index (χ4n) is 3.69. The second-order valence-electron chi connectivity index (χ2n) is 7.08. The van der Waals surface area contributed by atoms with Crippen LogP contribution in [0.25, 0.3) is 0 Å². The van der Waals surface area contributed by atoms with E-state index in [4.69, 9.17) is 10.7 Å². The normalized spacial score (nSPS) is 26.0. The molecule has 1 aromatic rings. The number of aromatic nitrogens is 2. The Morgan fingerprint density at radius 2 is 2.24 bits per heavy atom. The monoisotopic (exact) mass is 288 g/mol. The average molecular weight is 288 g/mol. The largest absolute Gasteiger partial charge is 0.340 e. The zero-order valence-corrected chi connectivity index (χ0v) is 13.4. The number of hydrogen-bond acceptors (Lipinski definition) is 4. The van der Waals surface area contributed by atoms with Crippen LogP contribution in [-0.2, 0) is 12.8 Å². The Balaban J connectivity index is 1.74. The molecule has 1 saturated heterocycles. The molecule has 0 bridgehead atoms. The highest BCUT2D eigenvalue weighted by atomic mass is 15.3. The molecule has 2 atom stereocenters. The number of nitrogens with zero attached hydrogens (tertiary/aromatic N) is 3. The molecule has 2 aliphatic rings. The third-order valence-corrected chi connectivity index (χ3v) is 5.25. The van der Waals surface area contributed by atoms with Crippen molar-refractivity contribution in [3.63, 3.8) is 0 Å². The molecule has 1 aliphatic carbocycles. The summed E-state index contributed by atoms with van der Waals surface area (Å²) >= 11 is 0. The van der Waals surface area contributed by atoms with Crippen molar-refractivity contribution in [3.8, 4) is 0 Å². The van der Waals surface area contributed by atoms with Crippen LogP contribution in [0.4, 0.5) is 5.95 Å². The number of rotatable bonds is 3. The van der Waals surface area contributed by atoms with E-state index in [2.05, 4.69) is 29.9 Å². The predicted molar refractivity (Wildman–Crippen MR) is 86.4 cm³/mol. The standard InChI is InChI=1S/C17H28N4/c1-12(2)14-5-6-16-15(8-14)10-19-17(20-16)21-7-3-4-13(9-18)11-21/h10,12-14H,3-9,11,18H2,1-2H3. The van der Waals surface area contributed by atoms with Gasteiger partial charge in [0, 0.05) is 25.0 Å². The Kier molecular flexibility index (Phi) is 4.43. The lowest BCUT2D eigenvalue weighted by atomic mass is 9.80. The Hall–Kier alpha value is -1.16. The average Bonchev–Trinajstić information content (AvgIpc) is 2.53. The van der Waals surface area contributed by atoms with Gasteiger partial charge in [-0.3, -0.25) is 0 Å². The number of hydrogen-bond donors (Lipinski definition) is 1. The lowest BCUT2D eigenvalue weighted by Gasteiger charge is -2.33. The van der Waals surface area contributed by atoms with Crippen LogP contribution in [0, 0.1) is 17.8 Å². The first kappa shape index (κ1) is 14.8. The van der Waals surface area contributed by atoms with Crippen LogP contribution in [-0.4, -0.2) is 29.6 Å². The van der Waals surface area contributed by atoms with Gasteiger partial charge in [0.1, 0.15) is 0 Å². The highest BCUT2D eigenvalue weighted by molar-refractivity contribution is 5.35. The maximum atomic E-state index is 5.83. The van der Waals surface area contributed by atoms with Gasteiger partial charge in [0.2, 0.25) is 5.95 Å². The molecule has 116 valence electrons. The zero-order valence-electron chi connectivity index (χ0n) is 13.4. The summed E-state index contributed by atoms with van der Waals surface area (Å²) in [7, 11) is 0. The van der Waals surface area contributed by atoms with Crippen molar-refractivity contribution in [3.05, 3.63) is 17.5 Å². The maximum absolute atomic E-state index is 5.83. The van der Waals surface area contributed by atoms with Crippen molar-refractivity contribution in [2.24, 2.45) is 23.5 Å². The molecule has 4 heteroatoms. The molecule has 0 aromatic carbocycles. The molecule has 1 aliphatic heterocycles. The molecule has 0 saturated carbocycles. The lowest BCUT2D eigenvalue weighted by molar-refractivity contribution is 0.339. The van der Waals surface area contributed by atoms with E-state index in [-0.39, 0.29) is 0 Å². The molecule has 0 spiro atoms. The van der Waals surface area contributed by atoms with Gasteiger partial charge >= 0.3 is 0 Å². The van der Waals surface area contributed by atoms with Gasteiger partial charge in [-0.1, -0.05) is 13.8 Å². The van der Waals surface area contributed by atoms with E-state index in [1.54, 1.807) is 0 Å². The molecule has 0 radical (unpaired) electrons. The van der Waals surface area contributed by atoms with E-state index in [1.165, 1.54) is 30.5 Å². The van der Waals surface area contributed by atoms with E-state index in [0.717, 1.165) is 50.3 Å². The number of piperidine rings is 1. The summed E-state index contributed by atoms with van der Waals surface area (Å²) < 4.78 is 0. The second kappa shape index (κ2) is 6.30. The minimum atomic E-state index is 0.601. The maximum Gasteiger partial charge on any atom is 0.225 e. The van der Waals surface area contributed by atoms with Crippen molar-refractivity contribution < 1.29 is 0 Å². The van der Waals surface area contributed by atoms with Crippen molar-refractivity contribution in [2.75, 3.05) is 24.5 Å². The molecule has 21 heavy (non-hydrogen) atoms. The smallest absolute Gasteiger partial charge is 0.225 e. The lowest BCUT2D eigenvalue weighted by Crippen LogP contribution is -2.39. The van der Waals surface area contributed by atoms with Gasteiger partial charge in [0.25, 0.3) is 0 Å². The number of fused-ring (bicyclic) bond motifs is 1. The zero-order chi connectivity index (χ0) is 14.8. The number of aryl methyl sites for hydroxylation is 1. The highest BCUT2D eigenvalue weighted by Crippen LogP contribution is 2.30. The third-order valence-electron chi connectivity index (χ3n) is 5.25. The summed E-state index contributed by atoms with van der Waals surface area (Å²) in [5.41, 5.74) is 8.49. The Morgan fingerprint density at radius 1 is 1.38 bits per heavy atom. The summed E-state index contributed by atoms with van der Waals surface area (Å²) in [6.07, 6.45) is 8.07. The summed E-state index contributed by atoms with van der Waals surface area (Å²) in [6, 6.07) is 0.